The van der Waals surface area contributed by atoms with Crippen LogP contribution in [-0.4, -0.2) is 10.9 Å². The lowest BCUT2D eigenvalue weighted by molar-refractivity contribution is -0.121. The fourth-order valence-corrected chi connectivity index (χ4v) is 3.37. The maximum Gasteiger partial charge on any atom is 0.220 e. The highest BCUT2D eigenvalue weighted by atomic mass is 32.1. The SMILES string of the molecule is CCCCC(=O)NCc1ccc(-c2nc(-c3ccccc3)cs2)cc1. The third-order valence-electron chi connectivity index (χ3n) is 4.02. The lowest BCUT2D eigenvalue weighted by atomic mass is 10.1. The largest absolute Gasteiger partial charge is 0.352 e. The summed E-state index contributed by atoms with van der Waals surface area (Å²) in [6.07, 6.45) is 2.59. The topological polar surface area (TPSA) is 42.0 Å². The van der Waals surface area contributed by atoms with Gasteiger partial charge in [0.25, 0.3) is 0 Å². The van der Waals surface area contributed by atoms with Gasteiger partial charge in [-0.2, -0.15) is 0 Å². The number of rotatable bonds is 7. The third kappa shape index (κ3) is 4.77. The summed E-state index contributed by atoms with van der Waals surface area (Å²) in [5.41, 5.74) is 4.35. The van der Waals surface area contributed by atoms with Crippen LogP contribution in [0.5, 0.6) is 0 Å². The van der Waals surface area contributed by atoms with Crippen LogP contribution in [0.2, 0.25) is 0 Å². The first-order chi connectivity index (χ1) is 12.3. The van der Waals surface area contributed by atoms with Crippen molar-refractivity contribution in [3.63, 3.8) is 0 Å². The lowest BCUT2D eigenvalue weighted by Crippen LogP contribution is -2.22. The predicted octanol–water partition coefficient (Wildman–Crippen LogP) is 5.28. The average Bonchev–Trinajstić information content (AvgIpc) is 3.16. The minimum Gasteiger partial charge on any atom is -0.352 e. The van der Waals surface area contributed by atoms with Gasteiger partial charge in [0, 0.05) is 29.5 Å². The second kappa shape index (κ2) is 8.58. The van der Waals surface area contributed by atoms with Crippen LogP contribution < -0.4 is 5.32 Å². The maximum absolute atomic E-state index is 11.7. The van der Waals surface area contributed by atoms with Crippen molar-refractivity contribution in [2.45, 2.75) is 32.7 Å². The summed E-state index contributed by atoms with van der Waals surface area (Å²) in [4.78, 5) is 16.4. The van der Waals surface area contributed by atoms with E-state index in [1.165, 1.54) is 0 Å². The number of thiazole rings is 1. The number of hydrogen-bond donors (Lipinski definition) is 1. The third-order valence-corrected chi connectivity index (χ3v) is 4.91. The number of benzene rings is 2. The summed E-state index contributed by atoms with van der Waals surface area (Å²) >= 11 is 1.65. The van der Waals surface area contributed by atoms with Crippen LogP contribution in [0.3, 0.4) is 0 Å². The summed E-state index contributed by atoms with van der Waals surface area (Å²) in [6.45, 7) is 2.67. The Balaban J connectivity index is 1.63. The molecule has 1 amide bonds. The van der Waals surface area contributed by atoms with Crippen molar-refractivity contribution < 1.29 is 4.79 Å². The fraction of sp³-hybridized carbons (Fsp3) is 0.238. The molecule has 1 aromatic heterocycles. The van der Waals surface area contributed by atoms with Gasteiger partial charge in [-0.05, 0) is 12.0 Å². The van der Waals surface area contributed by atoms with Crippen molar-refractivity contribution in [2.75, 3.05) is 0 Å². The van der Waals surface area contributed by atoms with E-state index < -0.39 is 0 Å². The Kier molecular flexibility index (Phi) is 5.96. The smallest absolute Gasteiger partial charge is 0.220 e. The quantitative estimate of drug-likeness (QED) is 0.629. The summed E-state index contributed by atoms with van der Waals surface area (Å²) in [6, 6.07) is 18.5. The van der Waals surface area contributed by atoms with Gasteiger partial charge in [-0.3, -0.25) is 4.79 Å². The standard InChI is InChI=1S/C21H22N2OS/c1-2-3-9-20(24)22-14-16-10-12-18(13-11-16)21-23-19(15-25-21)17-7-5-4-6-8-17/h4-8,10-13,15H,2-3,9,14H2,1H3,(H,22,24). The molecule has 0 radical (unpaired) electrons. The van der Waals surface area contributed by atoms with Crippen molar-refractivity contribution in [1.82, 2.24) is 10.3 Å². The number of unbranched alkanes of at least 4 members (excludes halogenated alkanes) is 1. The van der Waals surface area contributed by atoms with Gasteiger partial charge in [0.05, 0.1) is 5.69 Å². The van der Waals surface area contributed by atoms with E-state index in [2.05, 4.69) is 54.0 Å². The molecule has 0 atom stereocenters. The van der Waals surface area contributed by atoms with E-state index in [0.29, 0.717) is 13.0 Å². The molecule has 2 aromatic carbocycles. The molecule has 25 heavy (non-hydrogen) atoms. The Hall–Kier alpha value is -2.46. The van der Waals surface area contributed by atoms with Crippen LogP contribution in [-0.2, 0) is 11.3 Å². The van der Waals surface area contributed by atoms with Crippen molar-refractivity contribution in [3.05, 3.63) is 65.5 Å². The number of carbonyl (C=O) groups excluding carboxylic acids is 1. The molecule has 128 valence electrons. The number of aromatic nitrogens is 1. The molecule has 0 saturated carbocycles. The van der Waals surface area contributed by atoms with Crippen LogP contribution in [0.4, 0.5) is 0 Å². The van der Waals surface area contributed by atoms with Gasteiger partial charge in [-0.25, -0.2) is 4.98 Å². The van der Waals surface area contributed by atoms with E-state index in [4.69, 9.17) is 4.98 Å². The monoisotopic (exact) mass is 350 g/mol. The Morgan fingerprint density at radius 1 is 1.04 bits per heavy atom. The number of nitrogens with zero attached hydrogens (tertiary/aromatic N) is 1. The van der Waals surface area contributed by atoms with E-state index in [1.807, 2.05) is 18.2 Å². The Bertz CT molecular complexity index is 809. The van der Waals surface area contributed by atoms with Gasteiger partial charge in [0.15, 0.2) is 0 Å². The maximum atomic E-state index is 11.7. The van der Waals surface area contributed by atoms with Crippen LogP contribution >= 0.6 is 11.3 Å². The predicted molar refractivity (Wildman–Crippen MR) is 104 cm³/mol. The van der Waals surface area contributed by atoms with Gasteiger partial charge >= 0.3 is 0 Å². The van der Waals surface area contributed by atoms with Gasteiger partial charge in [0.2, 0.25) is 5.91 Å². The van der Waals surface area contributed by atoms with Crippen molar-refractivity contribution >= 4 is 17.2 Å². The summed E-state index contributed by atoms with van der Waals surface area (Å²) < 4.78 is 0. The van der Waals surface area contributed by atoms with E-state index in [1.54, 1.807) is 11.3 Å². The average molecular weight is 350 g/mol. The second-order valence-electron chi connectivity index (χ2n) is 5.98. The zero-order valence-corrected chi connectivity index (χ0v) is 15.2. The molecule has 0 saturated heterocycles. The summed E-state index contributed by atoms with van der Waals surface area (Å²) in [7, 11) is 0. The highest BCUT2D eigenvalue weighted by Gasteiger charge is 2.07. The summed E-state index contributed by atoms with van der Waals surface area (Å²) in [5.74, 6) is 0.123. The highest BCUT2D eigenvalue weighted by Crippen LogP contribution is 2.28. The molecule has 0 unspecified atom stereocenters. The van der Waals surface area contributed by atoms with Gasteiger partial charge in [-0.15, -0.1) is 11.3 Å². The van der Waals surface area contributed by atoms with Crippen LogP contribution in [0.15, 0.2) is 60.0 Å². The first-order valence-electron chi connectivity index (χ1n) is 8.63. The number of carbonyl (C=O) groups is 1. The van der Waals surface area contributed by atoms with Gasteiger partial charge in [0.1, 0.15) is 5.01 Å². The lowest BCUT2D eigenvalue weighted by Gasteiger charge is -2.05. The number of hydrogen-bond acceptors (Lipinski definition) is 3. The van der Waals surface area contributed by atoms with Crippen molar-refractivity contribution in [3.8, 4) is 21.8 Å². The second-order valence-corrected chi connectivity index (χ2v) is 6.84. The van der Waals surface area contributed by atoms with Crippen LogP contribution in [0, 0.1) is 0 Å². The molecule has 0 aliphatic carbocycles. The fourth-order valence-electron chi connectivity index (χ4n) is 2.54. The van der Waals surface area contributed by atoms with Crippen LogP contribution in [0.1, 0.15) is 31.7 Å². The summed E-state index contributed by atoms with van der Waals surface area (Å²) in [5, 5.41) is 6.07. The van der Waals surface area contributed by atoms with E-state index >= 15 is 0 Å². The number of amides is 1. The Morgan fingerprint density at radius 2 is 1.80 bits per heavy atom. The molecular weight excluding hydrogens is 328 g/mol. The van der Waals surface area contributed by atoms with E-state index in [-0.39, 0.29) is 5.91 Å². The molecule has 1 heterocycles. The normalized spacial score (nSPS) is 10.6. The minimum atomic E-state index is 0.123. The number of nitrogens with one attached hydrogen (secondary N) is 1. The van der Waals surface area contributed by atoms with Gasteiger partial charge < -0.3 is 5.32 Å². The Labute approximate surface area is 152 Å². The molecule has 4 heteroatoms. The zero-order chi connectivity index (χ0) is 17.5. The van der Waals surface area contributed by atoms with Gasteiger partial charge in [-0.1, -0.05) is 67.9 Å². The molecule has 0 aliphatic rings. The Morgan fingerprint density at radius 3 is 2.52 bits per heavy atom. The highest BCUT2D eigenvalue weighted by molar-refractivity contribution is 7.13. The molecule has 3 aromatic rings. The van der Waals surface area contributed by atoms with Crippen molar-refractivity contribution in [2.24, 2.45) is 0 Å². The van der Waals surface area contributed by atoms with Crippen LogP contribution in [0.25, 0.3) is 21.8 Å². The van der Waals surface area contributed by atoms with Crippen molar-refractivity contribution in [1.29, 1.82) is 0 Å². The molecule has 3 rings (SSSR count). The molecular formula is C21H22N2OS. The molecule has 0 spiro atoms. The first-order valence-corrected chi connectivity index (χ1v) is 9.51. The molecule has 0 aliphatic heterocycles. The first kappa shape index (κ1) is 17.4. The zero-order valence-electron chi connectivity index (χ0n) is 14.4. The molecule has 3 nitrogen and oxygen atoms in total. The minimum absolute atomic E-state index is 0.123. The van der Waals surface area contributed by atoms with E-state index in [0.717, 1.165) is 40.2 Å². The molecule has 0 fully saturated rings. The van der Waals surface area contributed by atoms with E-state index in [9.17, 15) is 4.79 Å². The molecule has 0 bridgehead atoms. The molecule has 1 N–H and O–H groups in total.